The van der Waals surface area contributed by atoms with E-state index in [0.29, 0.717) is 0 Å². The van der Waals surface area contributed by atoms with Gasteiger partial charge in [-0.3, -0.25) is 0 Å². The molecule has 0 amide bonds. The first-order valence-electron chi connectivity index (χ1n) is 8.88. The molecule has 3 aliphatic rings. The fraction of sp³-hybridized carbons (Fsp3) is 0.400. The van der Waals surface area contributed by atoms with Gasteiger partial charge in [0, 0.05) is 30.7 Å². The minimum atomic E-state index is -0.127. The fourth-order valence-corrected chi connectivity index (χ4v) is 4.63. The second kappa shape index (κ2) is 5.79. The minimum absolute atomic E-state index is 0.127. The Hall–Kier alpha value is -2.44. The van der Waals surface area contributed by atoms with Gasteiger partial charge in [0.2, 0.25) is 6.79 Å². The Morgan fingerprint density at radius 2 is 1.92 bits per heavy atom. The number of benzene rings is 2. The van der Waals surface area contributed by atoms with E-state index in [2.05, 4.69) is 12.1 Å². The molecule has 2 atom stereocenters. The van der Waals surface area contributed by atoms with Gasteiger partial charge >= 0.3 is 0 Å². The van der Waals surface area contributed by atoms with Crippen molar-refractivity contribution in [1.82, 2.24) is 0 Å². The summed E-state index contributed by atoms with van der Waals surface area (Å²) in [6, 6.07) is 6.30. The molecule has 2 aliphatic heterocycles. The molecule has 0 spiro atoms. The van der Waals surface area contributed by atoms with E-state index < -0.39 is 0 Å². The molecule has 0 saturated heterocycles. The third kappa shape index (κ3) is 2.06. The molecule has 26 heavy (non-hydrogen) atoms. The number of hydrogen-bond donors (Lipinski definition) is 1. The van der Waals surface area contributed by atoms with E-state index in [0.717, 1.165) is 64.0 Å². The molecular weight excluding hydrogens is 334 g/mol. The highest BCUT2D eigenvalue weighted by Crippen LogP contribution is 2.52. The summed E-state index contributed by atoms with van der Waals surface area (Å²) in [4.78, 5) is 1.08. The molecule has 2 heterocycles. The number of rotatable bonds is 3. The Kier molecular flexibility index (Phi) is 3.52. The lowest BCUT2D eigenvalue weighted by atomic mass is 9.76. The largest absolute Gasteiger partial charge is 0.809 e. The van der Waals surface area contributed by atoms with Gasteiger partial charge in [-0.2, -0.15) is 0 Å². The summed E-state index contributed by atoms with van der Waals surface area (Å²) in [5.41, 5.74) is 5.77. The highest BCUT2D eigenvalue weighted by molar-refractivity contribution is 5.84. The van der Waals surface area contributed by atoms with E-state index >= 15 is 0 Å². The highest BCUT2D eigenvalue weighted by Gasteiger charge is 2.40. The van der Waals surface area contributed by atoms with Crippen LogP contribution < -0.4 is 29.0 Å². The second-order valence-corrected chi connectivity index (χ2v) is 6.98. The van der Waals surface area contributed by atoms with E-state index in [-0.39, 0.29) is 19.6 Å². The van der Waals surface area contributed by atoms with E-state index in [1.165, 1.54) is 11.1 Å². The van der Waals surface area contributed by atoms with Gasteiger partial charge in [-0.05, 0) is 34.9 Å². The number of nitrogens with one attached hydrogen (secondary N) is 1. The van der Waals surface area contributed by atoms with Crippen molar-refractivity contribution in [2.75, 3.05) is 34.3 Å². The van der Waals surface area contributed by atoms with Crippen LogP contribution in [0.25, 0.3) is 11.1 Å². The van der Waals surface area contributed by atoms with Crippen LogP contribution in [-0.4, -0.2) is 34.3 Å². The van der Waals surface area contributed by atoms with E-state index in [9.17, 15) is 5.11 Å². The summed E-state index contributed by atoms with van der Waals surface area (Å²) in [7, 11) is 3.33. The van der Waals surface area contributed by atoms with Crippen molar-refractivity contribution in [3.63, 3.8) is 0 Å². The molecule has 136 valence electrons. The van der Waals surface area contributed by atoms with Gasteiger partial charge in [-0.15, -0.1) is 0 Å². The number of ether oxygens (including phenoxy) is 4. The summed E-state index contributed by atoms with van der Waals surface area (Å²) in [6.07, 6.45) is 1.69. The van der Waals surface area contributed by atoms with Gasteiger partial charge in [-0.25, -0.2) is 0 Å². The first-order chi connectivity index (χ1) is 12.7. The van der Waals surface area contributed by atoms with Gasteiger partial charge in [0.25, 0.3) is 0 Å². The molecule has 6 nitrogen and oxygen atoms in total. The standard InChI is InChI=1S/C20H20NO5/c1-23-17-6-11-3-4-21(9-22)14-5-12-7-15-16(26-10-25-15)8-13(12)19(18(11)14)20(17)24-2/h6-8,14H,3-5,9-10H2,1-2H3/q-1/p+1/t14-/m1/s1. The zero-order valence-corrected chi connectivity index (χ0v) is 14.9. The molecule has 0 bridgehead atoms. The quantitative estimate of drug-likeness (QED) is 0.866. The van der Waals surface area contributed by atoms with Crippen LogP contribution in [0.2, 0.25) is 0 Å². The third-order valence-corrected chi connectivity index (χ3v) is 5.83. The molecule has 6 heteroatoms. The van der Waals surface area contributed by atoms with Crippen molar-refractivity contribution < 1.29 is 29.0 Å². The van der Waals surface area contributed by atoms with Gasteiger partial charge in [0.1, 0.15) is 6.04 Å². The molecule has 5 rings (SSSR count). The van der Waals surface area contributed by atoms with E-state index in [4.69, 9.17) is 18.9 Å². The van der Waals surface area contributed by atoms with Crippen molar-refractivity contribution in [2.45, 2.75) is 18.9 Å². The topological polar surface area (TPSA) is 64.4 Å². The Balaban J connectivity index is 1.83. The summed E-state index contributed by atoms with van der Waals surface area (Å²) >= 11 is 0. The molecule has 0 saturated carbocycles. The molecule has 0 radical (unpaired) electrons. The number of quaternary nitrogens is 1. The van der Waals surface area contributed by atoms with Gasteiger partial charge in [0.05, 0.1) is 20.8 Å². The van der Waals surface area contributed by atoms with Crippen LogP contribution in [0.3, 0.4) is 0 Å². The Labute approximate surface area is 151 Å². The second-order valence-electron chi connectivity index (χ2n) is 6.98. The molecule has 1 aliphatic carbocycles. The van der Waals surface area contributed by atoms with Gasteiger partial charge < -0.3 is 29.0 Å². The number of hydrogen-bond acceptors (Lipinski definition) is 5. The van der Waals surface area contributed by atoms with Crippen LogP contribution >= 0.6 is 0 Å². The predicted molar refractivity (Wildman–Crippen MR) is 92.0 cm³/mol. The van der Waals surface area contributed by atoms with E-state index in [1.807, 2.05) is 6.07 Å². The van der Waals surface area contributed by atoms with Crippen molar-refractivity contribution in [3.8, 4) is 34.1 Å². The Morgan fingerprint density at radius 3 is 2.65 bits per heavy atom. The normalized spacial score (nSPS) is 21.8. The lowest BCUT2D eigenvalue weighted by molar-refractivity contribution is -0.989. The molecule has 2 aromatic rings. The third-order valence-electron chi connectivity index (χ3n) is 5.83. The predicted octanol–water partition coefficient (Wildman–Crippen LogP) is 0.456. The summed E-state index contributed by atoms with van der Waals surface area (Å²) in [6.45, 7) is 0.959. The summed E-state index contributed by atoms with van der Waals surface area (Å²) < 4.78 is 22.5. The summed E-state index contributed by atoms with van der Waals surface area (Å²) in [5.74, 6) is 2.98. The Morgan fingerprint density at radius 1 is 1.12 bits per heavy atom. The van der Waals surface area contributed by atoms with Crippen molar-refractivity contribution in [1.29, 1.82) is 0 Å². The van der Waals surface area contributed by atoms with Gasteiger partial charge in [0.15, 0.2) is 23.0 Å². The highest BCUT2D eigenvalue weighted by atomic mass is 16.7. The van der Waals surface area contributed by atoms with Gasteiger partial charge in [-0.1, -0.05) is 0 Å². The fourth-order valence-electron chi connectivity index (χ4n) is 4.63. The monoisotopic (exact) mass is 355 g/mol. The number of fused-ring (bicyclic) bond motifs is 3. The van der Waals surface area contributed by atoms with Crippen molar-refractivity contribution in [2.24, 2.45) is 0 Å². The lowest BCUT2D eigenvalue weighted by Crippen LogP contribution is -3.15. The van der Waals surface area contributed by atoms with Crippen LogP contribution in [-0.2, 0) is 12.8 Å². The molecule has 1 N–H and O–H groups in total. The average Bonchev–Trinajstić information content (AvgIpc) is 3.13. The van der Waals surface area contributed by atoms with Crippen LogP contribution in [0.4, 0.5) is 0 Å². The first kappa shape index (κ1) is 15.8. The smallest absolute Gasteiger partial charge is 0.231 e. The van der Waals surface area contributed by atoms with Crippen molar-refractivity contribution >= 4 is 0 Å². The maximum atomic E-state index is 11.8. The minimum Gasteiger partial charge on any atom is -0.809 e. The zero-order chi connectivity index (χ0) is 17.8. The zero-order valence-electron chi connectivity index (χ0n) is 14.9. The molecule has 2 aromatic carbocycles. The summed E-state index contributed by atoms with van der Waals surface area (Å²) in [5, 5.41) is 11.8. The van der Waals surface area contributed by atoms with Crippen LogP contribution in [0.15, 0.2) is 18.2 Å². The van der Waals surface area contributed by atoms with E-state index in [1.54, 1.807) is 14.2 Å². The maximum absolute atomic E-state index is 11.8. The first-order valence-corrected chi connectivity index (χ1v) is 8.88. The van der Waals surface area contributed by atoms with Crippen LogP contribution in [0, 0.1) is 0 Å². The van der Waals surface area contributed by atoms with Crippen LogP contribution in [0.1, 0.15) is 22.7 Å². The molecule has 0 fully saturated rings. The maximum Gasteiger partial charge on any atom is 0.231 e. The SMILES string of the molecule is COc1cc2c3c(c1OC)-c1cc4c(cc1C[C@H]3[NH+](C[O-])CC2)OCO4. The molecule has 0 aromatic heterocycles. The van der Waals surface area contributed by atoms with Crippen molar-refractivity contribution in [3.05, 3.63) is 34.9 Å². The number of methoxy groups -OCH3 is 2. The lowest BCUT2D eigenvalue weighted by Gasteiger charge is -2.41. The Bertz CT molecular complexity index is 895. The van der Waals surface area contributed by atoms with Crippen LogP contribution in [0.5, 0.6) is 23.0 Å². The molecular formula is C20H21NO5. The molecule has 1 unspecified atom stereocenters. The average molecular weight is 355 g/mol.